The third-order valence-electron chi connectivity index (χ3n) is 1.44. The third-order valence-corrected chi connectivity index (χ3v) is 1.44. The topological polar surface area (TPSA) is 76.1 Å². The average molecular weight is 176 g/mol. The van der Waals surface area contributed by atoms with E-state index >= 15 is 0 Å². The van der Waals surface area contributed by atoms with Crippen LogP contribution >= 0.6 is 0 Å². The van der Waals surface area contributed by atoms with E-state index in [-0.39, 0.29) is 6.61 Å². The van der Waals surface area contributed by atoms with Crippen molar-refractivity contribution in [1.82, 2.24) is 0 Å². The SMILES string of the molecule is N#CCOc1ccc(C(N)=O)cc1. The maximum atomic E-state index is 10.7. The second kappa shape index (κ2) is 4.12. The monoisotopic (exact) mass is 176 g/mol. The number of hydrogen-bond acceptors (Lipinski definition) is 3. The van der Waals surface area contributed by atoms with Gasteiger partial charge in [0.1, 0.15) is 11.8 Å². The summed E-state index contributed by atoms with van der Waals surface area (Å²) in [6, 6.07) is 8.13. The van der Waals surface area contributed by atoms with Gasteiger partial charge >= 0.3 is 0 Å². The Labute approximate surface area is 75.5 Å². The fourth-order valence-electron chi connectivity index (χ4n) is 0.831. The summed E-state index contributed by atoms with van der Waals surface area (Å²) in [7, 11) is 0. The zero-order valence-corrected chi connectivity index (χ0v) is 6.86. The molecule has 1 aromatic carbocycles. The Hall–Kier alpha value is -2.02. The Bertz CT molecular complexity index is 338. The number of hydrogen-bond donors (Lipinski definition) is 1. The Morgan fingerprint density at radius 2 is 2.08 bits per heavy atom. The summed E-state index contributed by atoms with van der Waals surface area (Å²) < 4.78 is 4.98. The van der Waals surface area contributed by atoms with E-state index in [4.69, 9.17) is 15.7 Å². The molecule has 0 spiro atoms. The molecule has 4 nitrogen and oxygen atoms in total. The number of carbonyl (C=O) groups is 1. The molecule has 0 aliphatic rings. The van der Waals surface area contributed by atoms with Crippen molar-refractivity contribution >= 4 is 5.91 Å². The first kappa shape index (κ1) is 9.07. The maximum Gasteiger partial charge on any atom is 0.248 e. The molecule has 0 saturated carbocycles. The molecule has 1 rings (SSSR count). The molecule has 1 amide bonds. The lowest BCUT2D eigenvalue weighted by molar-refractivity contribution is 0.100. The minimum atomic E-state index is -0.480. The van der Waals surface area contributed by atoms with E-state index in [1.165, 1.54) is 0 Å². The van der Waals surface area contributed by atoms with Crippen molar-refractivity contribution in [3.05, 3.63) is 29.8 Å². The first-order chi connectivity index (χ1) is 6.24. The van der Waals surface area contributed by atoms with E-state index in [1.807, 2.05) is 6.07 Å². The smallest absolute Gasteiger partial charge is 0.248 e. The van der Waals surface area contributed by atoms with Gasteiger partial charge in [-0.05, 0) is 24.3 Å². The molecule has 0 radical (unpaired) electrons. The molecule has 0 saturated heterocycles. The van der Waals surface area contributed by atoms with Gasteiger partial charge in [0.2, 0.25) is 5.91 Å². The first-order valence-corrected chi connectivity index (χ1v) is 3.63. The van der Waals surface area contributed by atoms with Crippen molar-refractivity contribution < 1.29 is 9.53 Å². The van der Waals surface area contributed by atoms with Crippen LogP contribution in [0.2, 0.25) is 0 Å². The number of primary amides is 1. The first-order valence-electron chi connectivity index (χ1n) is 3.63. The van der Waals surface area contributed by atoms with Crippen LogP contribution < -0.4 is 10.5 Å². The minimum absolute atomic E-state index is 0.00405. The molecule has 0 atom stereocenters. The standard InChI is InChI=1S/C9H8N2O2/c10-5-6-13-8-3-1-7(2-4-8)9(11)12/h1-4H,6H2,(H2,11,12). The van der Waals surface area contributed by atoms with Gasteiger partial charge in [-0.2, -0.15) is 5.26 Å². The second-order valence-corrected chi connectivity index (χ2v) is 2.34. The predicted octanol–water partition coefficient (Wildman–Crippen LogP) is 0.688. The van der Waals surface area contributed by atoms with Crippen LogP contribution in [0.5, 0.6) is 5.75 Å². The molecule has 4 heteroatoms. The predicted molar refractivity (Wildman–Crippen MR) is 46.1 cm³/mol. The van der Waals surface area contributed by atoms with Crippen molar-refractivity contribution in [2.75, 3.05) is 6.61 Å². The summed E-state index contributed by atoms with van der Waals surface area (Å²) in [5.41, 5.74) is 5.45. The van der Waals surface area contributed by atoms with Gasteiger partial charge in [-0.15, -0.1) is 0 Å². The summed E-state index contributed by atoms with van der Waals surface area (Å²) >= 11 is 0. The largest absolute Gasteiger partial charge is 0.479 e. The van der Waals surface area contributed by atoms with Crippen molar-refractivity contribution in [1.29, 1.82) is 5.26 Å². The van der Waals surface area contributed by atoms with E-state index in [1.54, 1.807) is 24.3 Å². The summed E-state index contributed by atoms with van der Waals surface area (Å²) in [6.45, 7) is -0.00405. The summed E-state index contributed by atoms with van der Waals surface area (Å²) in [5.74, 6) is 0.0679. The molecule has 0 bridgehead atoms. The summed E-state index contributed by atoms with van der Waals surface area (Å²) in [5, 5.41) is 8.22. The number of amides is 1. The van der Waals surface area contributed by atoms with Gasteiger partial charge in [-0.1, -0.05) is 0 Å². The molecule has 0 aliphatic carbocycles. The Morgan fingerprint density at radius 3 is 2.54 bits per heavy atom. The molecule has 66 valence electrons. The van der Waals surface area contributed by atoms with Gasteiger partial charge in [0.15, 0.2) is 6.61 Å². The van der Waals surface area contributed by atoms with Gasteiger partial charge in [0.25, 0.3) is 0 Å². The lowest BCUT2D eigenvalue weighted by atomic mass is 10.2. The Morgan fingerprint density at radius 1 is 1.46 bits per heavy atom. The number of nitriles is 1. The highest BCUT2D eigenvalue weighted by Gasteiger charge is 1.99. The summed E-state index contributed by atoms with van der Waals surface area (Å²) in [6.07, 6.45) is 0. The highest BCUT2D eigenvalue weighted by Crippen LogP contribution is 2.11. The van der Waals surface area contributed by atoms with E-state index < -0.39 is 5.91 Å². The normalized spacial score (nSPS) is 8.85. The summed E-state index contributed by atoms with van der Waals surface area (Å²) in [4.78, 5) is 10.7. The number of carbonyl (C=O) groups excluding carboxylic acids is 1. The van der Waals surface area contributed by atoms with Gasteiger partial charge < -0.3 is 10.5 Å². The lowest BCUT2D eigenvalue weighted by Gasteiger charge is -2.00. The Balaban J connectivity index is 2.71. The number of rotatable bonds is 3. The number of ether oxygens (including phenoxy) is 1. The van der Waals surface area contributed by atoms with Crippen LogP contribution in [0.25, 0.3) is 0 Å². The zero-order chi connectivity index (χ0) is 9.68. The second-order valence-electron chi connectivity index (χ2n) is 2.34. The molecule has 13 heavy (non-hydrogen) atoms. The van der Waals surface area contributed by atoms with Crippen LogP contribution in [0.15, 0.2) is 24.3 Å². The molecule has 0 heterocycles. The highest BCUT2D eigenvalue weighted by atomic mass is 16.5. The molecular formula is C9H8N2O2. The lowest BCUT2D eigenvalue weighted by Crippen LogP contribution is -2.10. The quantitative estimate of drug-likeness (QED) is 0.735. The van der Waals surface area contributed by atoms with Crippen LogP contribution in [0.1, 0.15) is 10.4 Å². The van der Waals surface area contributed by atoms with Gasteiger partial charge in [-0.25, -0.2) is 0 Å². The van der Waals surface area contributed by atoms with E-state index in [0.717, 1.165) is 0 Å². The number of benzene rings is 1. The van der Waals surface area contributed by atoms with Crippen LogP contribution in [-0.4, -0.2) is 12.5 Å². The highest BCUT2D eigenvalue weighted by molar-refractivity contribution is 5.92. The van der Waals surface area contributed by atoms with Gasteiger partial charge in [-0.3, -0.25) is 4.79 Å². The number of nitrogens with zero attached hydrogens (tertiary/aromatic N) is 1. The third kappa shape index (κ3) is 2.49. The van der Waals surface area contributed by atoms with E-state index in [9.17, 15) is 4.79 Å². The van der Waals surface area contributed by atoms with Crippen LogP contribution in [0.4, 0.5) is 0 Å². The number of nitrogens with two attached hydrogens (primary N) is 1. The molecular weight excluding hydrogens is 168 g/mol. The van der Waals surface area contributed by atoms with Gasteiger partial charge in [0.05, 0.1) is 0 Å². The van der Waals surface area contributed by atoms with Crippen molar-refractivity contribution in [3.8, 4) is 11.8 Å². The van der Waals surface area contributed by atoms with E-state index in [2.05, 4.69) is 0 Å². The molecule has 0 aliphatic heterocycles. The fraction of sp³-hybridized carbons (Fsp3) is 0.111. The van der Waals surface area contributed by atoms with Crippen LogP contribution in [-0.2, 0) is 0 Å². The molecule has 2 N–H and O–H groups in total. The zero-order valence-electron chi connectivity index (χ0n) is 6.86. The average Bonchev–Trinajstić information content (AvgIpc) is 2.15. The molecule has 0 aromatic heterocycles. The molecule has 0 unspecified atom stereocenters. The Kier molecular flexibility index (Phi) is 2.87. The van der Waals surface area contributed by atoms with Gasteiger partial charge in [0, 0.05) is 5.56 Å². The fourth-order valence-corrected chi connectivity index (χ4v) is 0.831. The van der Waals surface area contributed by atoms with E-state index in [0.29, 0.717) is 11.3 Å². The maximum absolute atomic E-state index is 10.7. The van der Waals surface area contributed by atoms with Crippen molar-refractivity contribution in [2.45, 2.75) is 0 Å². The molecule has 0 fully saturated rings. The minimum Gasteiger partial charge on any atom is -0.479 e. The van der Waals surface area contributed by atoms with Crippen LogP contribution in [0.3, 0.4) is 0 Å². The molecule has 1 aromatic rings. The van der Waals surface area contributed by atoms with Crippen molar-refractivity contribution in [3.63, 3.8) is 0 Å². The van der Waals surface area contributed by atoms with Crippen LogP contribution in [0, 0.1) is 11.3 Å². The van der Waals surface area contributed by atoms with Crippen molar-refractivity contribution in [2.24, 2.45) is 5.73 Å².